The summed E-state index contributed by atoms with van der Waals surface area (Å²) >= 11 is 0. The normalized spacial score (nSPS) is 39.6. The number of carbonyl (C=O) groups excluding carboxylic acids is 10. The predicted molar refractivity (Wildman–Crippen MR) is 501 cm³/mol. The van der Waals surface area contributed by atoms with E-state index in [0.717, 1.165) is 30.4 Å². The molecule has 1 aromatic heterocycles. The van der Waals surface area contributed by atoms with E-state index in [2.05, 4.69) is 15.5 Å². The first-order valence-electron chi connectivity index (χ1n) is 49.0. The van der Waals surface area contributed by atoms with Crippen molar-refractivity contribution in [1.29, 1.82) is 0 Å². The Bertz CT molecular complexity index is 4310. The fourth-order valence-corrected chi connectivity index (χ4v) is 20.9. The lowest BCUT2D eigenvalue weighted by Gasteiger charge is -2.42. The van der Waals surface area contributed by atoms with Crippen LogP contribution in [-0.2, 0) is 95.3 Å². The van der Waals surface area contributed by atoms with Crippen molar-refractivity contribution in [1.82, 2.24) is 30.0 Å². The van der Waals surface area contributed by atoms with Crippen molar-refractivity contribution in [2.24, 2.45) is 71.0 Å². The van der Waals surface area contributed by atoms with Gasteiger partial charge in [-0.3, -0.25) is 38.4 Å². The molecule has 134 heavy (non-hydrogen) atoms. The number of ketones is 6. The highest BCUT2D eigenvalue weighted by Gasteiger charge is 2.56. The summed E-state index contributed by atoms with van der Waals surface area (Å²) in [5.41, 5.74) is 2.54. The van der Waals surface area contributed by atoms with Crippen LogP contribution in [0.2, 0.25) is 0 Å². The molecule has 30 atom stereocenters. The number of tetrazole rings is 1. The van der Waals surface area contributed by atoms with Gasteiger partial charge in [0, 0.05) is 117 Å². The number of hydrogen-bond acceptors (Lipinski definition) is 28. The Morgan fingerprint density at radius 1 is 0.463 bits per heavy atom. The van der Waals surface area contributed by atoms with Crippen molar-refractivity contribution in [2.75, 3.05) is 55.7 Å². The highest BCUT2D eigenvalue weighted by atomic mass is 16.6. The zero-order valence-corrected chi connectivity index (χ0v) is 83.1. The zero-order valence-electron chi connectivity index (χ0n) is 83.1. The second-order valence-electron chi connectivity index (χ2n) is 40.0. The average molecular weight is 1880 g/mol. The van der Waals surface area contributed by atoms with Crippen LogP contribution in [0.15, 0.2) is 102 Å². The molecular weight excluding hydrogens is 1720 g/mol. The summed E-state index contributed by atoms with van der Waals surface area (Å²) in [6, 6.07) is -2.33. The van der Waals surface area contributed by atoms with Gasteiger partial charge < -0.3 is 82.7 Å². The zero-order chi connectivity index (χ0) is 98.8. The van der Waals surface area contributed by atoms with Crippen LogP contribution in [0.5, 0.6) is 0 Å². The van der Waals surface area contributed by atoms with Gasteiger partial charge in [0.1, 0.15) is 66.6 Å². The second kappa shape index (κ2) is 53.0. The molecule has 31 nitrogen and oxygen atoms in total. The van der Waals surface area contributed by atoms with Crippen molar-refractivity contribution >= 4 is 58.5 Å². The Labute approximate surface area is 793 Å². The SMILES string of the molecule is CO[C@H]1C[C@@H]2CC[C@@H](C)[C@@](O)(O2)C(=O)C(=O)N2CCCC[C@H]2C(=O)O[C@H]([C@H](C)C[C@@H]2CC[C@@H](O)[C@H](OC)C2)CC(=O)[C@H](C)/C=C(\C)[C@@H](O)[C@@H](OC)C(=O)[C@H](C)C[C@H](C)\C=C/C=C/C=C/1C.CO[C@H]1C[C@@H]2CC[C@@H](C)[C@@](O)(O2)C(=O)C(=O)N2CCCC[C@H]2C(=O)O[C@H]([C@H](C)C[C@@H]2CC[C@@H](n3cnnn3)[C@H](OC)C2)CC(=O)[C@H](C)/C=C(\C)[C@@H](O)[C@@H](OC)C(=O)[C@H](C)C[C@H](C)\C=C/C=C/C=C/1C. The quantitative estimate of drug-likeness (QED) is 0.0695. The molecule has 0 spiro atoms. The van der Waals surface area contributed by atoms with Gasteiger partial charge in [-0.2, -0.15) is 0 Å². The second-order valence-corrected chi connectivity index (χ2v) is 40.0. The molecule has 2 amide bonds. The van der Waals surface area contributed by atoms with Crippen LogP contribution in [0, 0.1) is 71.0 Å². The molecule has 2 aliphatic carbocycles. The molecule has 31 heteroatoms. The van der Waals surface area contributed by atoms with E-state index in [-0.39, 0.29) is 116 Å². The number of Topliss-reactive ketones (excluding diaryl/α,β-unsaturated/α-hetero) is 6. The number of aliphatic hydroxyl groups is 5. The minimum absolute atomic E-state index is 0.0170. The fourth-order valence-electron chi connectivity index (χ4n) is 20.9. The Morgan fingerprint density at radius 2 is 0.873 bits per heavy atom. The van der Waals surface area contributed by atoms with E-state index in [1.165, 1.54) is 24.0 Å². The number of hydrogen-bond donors (Lipinski definition) is 5. The van der Waals surface area contributed by atoms with Gasteiger partial charge in [0.05, 0.1) is 48.8 Å². The predicted octanol–water partition coefficient (Wildman–Crippen LogP) is 12.2. The van der Waals surface area contributed by atoms with Crippen LogP contribution in [0.25, 0.3) is 0 Å². The molecule has 0 unspecified atom stereocenters. The number of ether oxygens (including phenoxy) is 10. The maximum Gasteiger partial charge on any atom is 0.329 e. The minimum Gasteiger partial charge on any atom is -0.460 e. The molecule has 6 aliphatic heterocycles. The maximum absolute atomic E-state index is 14.5. The van der Waals surface area contributed by atoms with Crippen LogP contribution in [0.4, 0.5) is 0 Å². The van der Waals surface area contributed by atoms with Crippen LogP contribution < -0.4 is 0 Å². The summed E-state index contributed by atoms with van der Waals surface area (Å²) in [4.78, 5) is 144. The van der Waals surface area contributed by atoms with Gasteiger partial charge in [-0.25, -0.2) is 14.3 Å². The van der Waals surface area contributed by atoms with E-state index in [0.29, 0.717) is 120 Å². The summed E-state index contributed by atoms with van der Waals surface area (Å²) in [7, 11) is 9.14. The lowest BCUT2D eigenvalue weighted by Crippen LogP contribution is -2.61. The van der Waals surface area contributed by atoms with E-state index in [9.17, 15) is 73.5 Å². The van der Waals surface area contributed by atoms with Crippen molar-refractivity contribution in [2.45, 2.75) is 360 Å². The van der Waals surface area contributed by atoms with Gasteiger partial charge in [-0.15, -0.1) is 5.10 Å². The number of nitrogens with zero attached hydrogens (tertiary/aromatic N) is 6. The molecule has 9 rings (SSSR count). The molecule has 2 saturated carbocycles. The smallest absolute Gasteiger partial charge is 0.329 e. The highest BCUT2D eigenvalue weighted by Crippen LogP contribution is 2.43. The van der Waals surface area contributed by atoms with Gasteiger partial charge >= 0.3 is 11.9 Å². The van der Waals surface area contributed by atoms with Gasteiger partial charge in [0.15, 0.2) is 11.6 Å². The molecule has 4 saturated heterocycles. The first-order valence-corrected chi connectivity index (χ1v) is 49.0. The standard InChI is InChI=1S/C52H79N5O12.C51H79NO13/c1-31-16-12-11-13-17-32(2)43(65-8)28-39-21-19-37(7)52(64,69-39)49(61)50(62)56-23-15-14-18-41(56)51(63)68-44(34(4)26-38-20-22-40(45(27-38)66-9)57-30-53-54-55-57)29-42(58)33(3)25-36(6)47(60)48(67-10)46(59)35(5)24-31;1-30-16-12-11-13-17-31(2)42(61-8)28-38-21-19-36(7)51(60,65-38)48(57)49(58)52-23-15-14-18-39(52)50(59)64-43(33(4)26-37-20-22-40(53)44(27-37)62-9)29-41(54)32(3)25-35(6)46(56)47(63-10)45(55)34(5)24-30/h11-13,16-17,25,30-31,33-35,37-41,43-45,47-48,60,64H,14-15,18-24,26-29H2,1-10H3;11-13,16-17,25,30,32-34,36-40,42-44,46-47,53,56,60H,14-15,18-24,26-29H2,1-10H3/b13-11+,16-12-,32-17+,36-25+;13-11+,16-12-,31-17+,35-25+/t31-,33-,34-,35-,37-,38+,39+,40-,41+,43+,44+,45-,47-,48+,52-;30-,32-,33-,34-,36-,37+,38+,39+,40-,42+,43+,44-,46-,47+,51-/m11/s1. The van der Waals surface area contributed by atoms with Crippen LogP contribution in [0.1, 0.15) is 257 Å². The third-order valence-electron chi connectivity index (χ3n) is 29.7. The molecule has 0 radical (unpaired) electrons. The van der Waals surface area contributed by atoms with Crippen molar-refractivity contribution in [3.63, 3.8) is 0 Å². The molecule has 750 valence electrons. The Hall–Kier alpha value is -7.63. The molecule has 7 heterocycles. The monoisotopic (exact) mass is 1880 g/mol. The highest BCUT2D eigenvalue weighted by molar-refractivity contribution is 6.39. The number of amides is 2. The Morgan fingerprint density at radius 3 is 1.26 bits per heavy atom. The number of carbonyl (C=O) groups is 10. The number of methoxy groups -OCH3 is 6. The molecule has 0 aromatic carbocycles. The molecular formula is C103H158N6O25. The molecule has 4 bridgehead atoms. The maximum atomic E-state index is 14.5. The number of piperidine rings is 2. The number of aromatic nitrogens is 4. The first-order chi connectivity index (χ1) is 63.6. The molecule has 1 aromatic rings. The van der Waals surface area contributed by atoms with Gasteiger partial charge in [-0.1, -0.05) is 142 Å². The number of allylic oxidation sites excluding steroid dienone is 12. The van der Waals surface area contributed by atoms with Gasteiger partial charge in [0.25, 0.3) is 23.4 Å². The van der Waals surface area contributed by atoms with E-state index in [1.54, 1.807) is 93.1 Å². The van der Waals surface area contributed by atoms with Crippen LogP contribution in [0.3, 0.4) is 0 Å². The average Bonchev–Trinajstić information content (AvgIpc) is 0.814. The third-order valence-corrected chi connectivity index (χ3v) is 29.7. The number of cyclic esters (lactones) is 2. The minimum atomic E-state index is -2.43. The van der Waals surface area contributed by atoms with Crippen LogP contribution in [-0.4, -0.2) is 273 Å². The van der Waals surface area contributed by atoms with Crippen molar-refractivity contribution in [3.8, 4) is 0 Å². The van der Waals surface area contributed by atoms with E-state index >= 15 is 0 Å². The number of esters is 2. The summed E-state index contributed by atoms with van der Waals surface area (Å²) in [5, 5.41) is 69.0. The Balaban J connectivity index is 0.000000330. The van der Waals surface area contributed by atoms with Crippen molar-refractivity contribution in [3.05, 3.63) is 102 Å². The number of aliphatic hydroxyl groups excluding tert-OH is 3. The summed E-state index contributed by atoms with van der Waals surface area (Å²) in [6.07, 6.45) is 25.1. The number of rotatable bonds is 13. The largest absolute Gasteiger partial charge is 0.460 e. The molecule has 6 fully saturated rings. The topological polar surface area (TPSA) is 414 Å². The van der Waals surface area contributed by atoms with E-state index in [1.807, 2.05) is 116 Å². The van der Waals surface area contributed by atoms with Gasteiger partial charge in [0.2, 0.25) is 11.6 Å². The lowest BCUT2D eigenvalue weighted by molar-refractivity contribution is -0.265. The molecule has 8 aliphatic rings. The van der Waals surface area contributed by atoms with Crippen molar-refractivity contribution < 1.29 is 121 Å². The molecule has 5 N–H and O–H groups in total. The fraction of sp³-hybridized carbons (Fsp3) is 0.738. The van der Waals surface area contributed by atoms with Gasteiger partial charge in [-0.05, 0) is 224 Å². The summed E-state index contributed by atoms with van der Waals surface area (Å²) in [6.45, 7) is 25.5. The summed E-state index contributed by atoms with van der Waals surface area (Å²) < 4.78 is 60.9. The van der Waals surface area contributed by atoms with E-state index in [4.69, 9.17) is 47.4 Å². The lowest BCUT2D eigenvalue weighted by atomic mass is 9.77. The third kappa shape index (κ3) is 30.0. The first kappa shape index (κ1) is 112. The van der Waals surface area contributed by atoms with E-state index < -0.39 is 162 Å². The Kier molecular flexibility index (Phi) is 44.1. The summed E-state index contributed by atoms with van der Waals surface area (Å²) in [5.74, 6) is -15.9. The van der Waals surface area contributed by atoms with Crippen LogP contribution >= 0.6 is 0 Å². The number of fused-ring (bicyclic) bond motifs is 6.